The van der Waals surface area contributed by atoms with Crippen LogP contribution in [0.25, 0.3) is 0 Å². The van der Waals surface area contributed by atoms with Gasteiger partial charge in [-0.2, -0.15) is 0 Å². The van der Waals surface area contributed by atoms with E-state index in [-0.39, 0.29) is 17.7 Å². The van der Waals surface area contributed by atoms with Crippen molar-refractivity contribution in [2.75, 3.05) is 13.1 Å². The van der Waals surface area contributed by atoms with Crippen LogP contribution in [0.2, 0.25) is 0 Å². The molecule has 0 unspecified atom stereocenters. The summed E-state index contributed by atoms with van der Waals surface area (Å²) >= 11 is 0. The first-order chi connectivity index (χ1) is 12.0. The lowest BCUT2D eigenvalue weighted by Gasteiger charge is -2.30. The van der Waals surface area contributed by atoms with Crippen molar-refractivity contribution < 1.29 is 23.8 Å². The first-order valence-corrected chi connectivity index (χ1v) is 7.93. The van der Waals surface area contributed by atoms with Gasteiger partial charge in [-0.1, -0.05) is 12.1 Å². The van der Waals surface area contributed by atoms with E-state index < -0.39 is 11.9 Å². The van der Waals surface area contributed by atoms with Gasteiger partial charge in [-0.25, -0.2) is 19.2 Å². The molecule has 7 nitrogen and oxygen atoms in total. The third-order valence-electron chi connectivity index (χ3n) is 4.03. The van der Waals surface area contributed by atoms with Gasteiger partial charge >= 0.3 is 6.09 Å². The third kappa shape index (κ3) is 3.96. The summed E-state index contributed by atoms with van der Waals surface area (Å²) in [6, 6.07) is 6.06. The highest BCUT2D eigenvalue weighted by Crippen LogP contribution is 2.30. The molecule has 0 radical (unpaired) electrons. The van der Waals surface area contributed by atoms with Crippen molar-refractivity contribution >= 4 is 6.09 Å². The molecule has 1 aromatic carbocycles. The van der Waals surface area contributed by atoms with Gasteiger partial charge in [-0.3, -0.25) is 0 Å². The number of likely N-dealkylation sites (tertiary alicyclic amines) is 1. The Bertz CT molecular complexity index is 763. The molecule has 1 aliphatic heterocycles. The standard InChI is InChI=1S/C17H18FN3O4/c1-11-15(24-12-6-8-21(9-7-12)17(22)23)19-10-20-16(11)25-14-5-3-2-4-13(14)18/h2-5,10,12H,6-9H2,1H3,(H,22,23). The molecule has 1 N–H and O–H groups in total. The van der Waals surface area contributed by atoms with Crippen LogP contribution in [0.1, 0.15) is 18.4 Å². The molecule has 1 fully saturated rings. The van der Waals surface area contributed by atoms with E-state index in [4.69, 9.17) is 14.6 Å². The van der Waals surface area contributed by atoms with E-state index in [0.29, 0.717) is 37.4 Å². The van der Waals surface area contributed by atoms with Crippen molar-refractivity contribution in [1.29, 1.82) is 0 Å². The topological polar surface area (TPSA) is 84.8 Å². The summed E-state index contributed by atoms with van der Waals surface area (Å²) in [5, 5.41) is 8.97. The van der Waals surface area contributed by atoms with E-state index >= 15 is 0 Å². The van der Waals surface area contributed by atoms with Crippen LogP contribution in [0.4, 0.5) is 9.18 Å². The number of benzene rings is 1. The molecule has 2 aromatic rings. The first kappa shape index (κ1) is 16.9. The van der Waals surface area contributed by atoms with E-state index in [0.717, 1.165) is 0 Å². The van der Waals surface area contributed by atoms with Crippen molar-refractivity contribution in [3.8, 4) is 17.5 Å². The number of carboxylic acid groups (broad SMARTS) is 1. The molecule has 1 aliphatic rings. The molecule has 132 valence electrons. The Kier molecular flexibility index (Phi) is 4.97. The lowest BCUT2D eigenvalue weighted by Crippen LogP contribution is -2.41. The smallest absolute Gasteiger partial charge is 0.407 e. The molecule has 1 amide bonds. The van der Waals surface area contributed by atoms with Crippen molar-refractivity contribution in [3.63, 3.8) is 0 Å². The number of nitrogens with zero attached hydrogens (tertiary/aromatic N) is 3. The van der Waals surface area contributed by atoms with Crippen LogP contribution < -0.4 is 9.47 Å². The number of para-hydroxylation sites is 1. The number of rotatable bonds is 4. The van der Waals surface area contributed by atoms with Crippen LogP contribution in [0.15, 0.2) is 30.6 Å². The van der Waals surface area contributed by atoms with Gasteiger partial charge in [0.25, 0.3) is 0 Å². The van der Waals surface area contributed by atoms with Crippen LogP contribution in [0, 0.1) is 12.7 Å². The summed E-state index contributed by atoms with van der Waals surface area (Å²) in [5.74, 6) is 0.169. The van der Waals surface area contributed by atoms with Gasteiger partial charge in [0.1, 0.15) is 12.4 Å². The number of carbonyl (C=O) groups is 1. The molecule has 3 rings (SSSR count). The maximum absolute atomic E-state index is 13.7. The average molecular weight is 347 g/mol. The normalized spacial score (nSPS) is 15.0. The number of hydrogen-bond donors (Lipinski definition) is 1. The van der Waals surface area contributed by atoms with Crippen molar-refractivity contribution in [1.82, 2.24) is 14.9 Å². The molecule has 0 bridgehead atoms. The molecular weight excluding hydrogens is 329 g/mol. The van der Waals surface area contributed by atoms with Crippen LogP contribution in [0.3, 0.4) is 0 Å². The van der Waals surface area contributed by atoms with Gasteiger partial charge in [-0.15, -0.1) is 0 Å². The van der Waals surface area contributed by atoms with E-state index in [1.807, 2.05) is 0 Å². The van der Waals surface area contributed by atoms with E-state index in [1.54, 1.807) is 19.1 Å². The first-order valence-electron chi connectivity index (χ1n) is 7.93. The van der Waals surface area contributed by atoms with Gasteiger partial charge in [0, 0.05) is 25.9 Å². The van der Waals surface area contributed by atoms with Gasteiger partial charge in [-0.05, 0) is 19.1 Å². The Morgan fingerprint density at radius 3 is 2.60 bits per heavy atom. The predicted molar refractivity (Wildman–Crippen MR) is 86.5 cm³/mol. The number of piperidine rings is 1. The number of ether oxygens (including phenoxy) is 2. The zero-order valence-corrected chi connectivity index (χ0v) is 13.7. The highest BCUT2D eigenvalue weighted by atomic mass is 19.1. The van der Waals surface area contributed by atoms with E-state index in [9.17, 15) is 9.18 Å². The molecule has 1 aromatic heterocycles. The van der Waals surface area contributed by atoms with Crippen LogP contribution in [-0.2, 0) is 0 Å². The summed E-state index contributed by atoms with van der Waals surface area (Å²) in [6.45, 7) is 2.57. The molecule has 2 heterocycles. The number of amides is 1. The number of halogens is 1. The lowest BCUT2D eigenvalue weighted by atomic mass is 10.1. The Labute approximate surface area is 144 Å². The third-order valence-corrected chi connectivity index (χ3v) is 4.03. The summed E-state index contributed by atoms with van der Waals surface area (Å²) < 4.78 is 25.1. The van der Waals surface area contributed by atoms with Crippen LogP contribution >= 0.6 is 0 Å². The van der Waals surface area contributed by atoms with E-state index in [1.165, 1.54) is 23.4 Å². The quantitative estimate of drug-likeness (QED) is 0.914. The molecular formula is C17H18FN3O4. The summed E-state index contributed by atoms with van der Waals surface area (Å²) in [4.78, 5) is 20.4. The minimum atomic E-state index is -0.919. The van der Waals surface area contributed by atoms with Gasteiger partial charge in [0.2, 0.25) is 11.8 Å². The minimum absolute atomic E-state index is 0.0741. The second-order valence-corrected chi connectivity index (χ2v) is 5.73. The van der Waals surface area contributed by atoms with Gasteiger partial charge in [0.05, 0.1) is 5.56 Å². The fourth-order valence-corrected chi connectivity index (χ4v) is 2.60. The van der Waals surface area contributed by atoms with Gasteiger partial charge < -0.3 is 19.5 Å². The maximum atomic E-state index is 13.7. The fraction of sp³-hybridized carbons (Fsp3) is 0.353. The summed E-state index contributed by atoms with van der Waals surface area (Å²) in [6.07, 6.45) is 1.41. The molecule has 1 saturated heterocycles. The minimum Gasteiger partial charge on any atom is -0.474 e. The van der Waals surface area contributed by atoms with Gasteiger partial charge in [0.15, 0.2) is 11.6 Å². The zero-order chi connectivity index (χ0) is 17.8. The van der Waals surface area contributed by atoms with Crippen molar-refractivity contribution in [2.24, 2.45) is 0 Å². The Morgan fingerprint density at radius 2 is 1.92 bits per heavy atom. The van der Waals surface area contributed by atoms with E-state index in [2.05, 4.69) is 9.97 Å². The zero-order valence-electron chi connectivity index (χ0n) is 13.7. The second kappa shape index (κ2) is 7.33. The SMILES string of the molecule is Cc1c(Oc2ccccc2F)ncnc1OC1CCN(C(=O)O)CC1. The van der Waals surface area contributed by atoms with Crippen molar-refractivity contribution in [3.05, 3.63) is 42.0 Å². The highest BCUT2D eigenvalue weighted by Gasteiger charge is 2.24. The number of hydrogen-bond acceptors (Lipinski definition) is 5. The monoisotopic (exact) mass is 347 g/mol. The summed E-state index contributed by atoms with van der Waals surface area (Å²) in [7, 11) is 0. The number of aromatic nitrogens is 2. The van der Waals surface area contributed by atoms with Crippen LogP contribution in [-0.4, -0.2) is 45.3 Å². The van der Waals surface area contributed by atoms with Crippen LogP contribution in [0.5, 0.6) is 17.5 Å². The molecule has 0 spiro atoms. The molecule has 8 heteroatoms. The molecule has 0 saturated carbocycles. The largest absolute Gasteiger partial charge is 0.474 e. The summed E-state index contributed by atoms with van der Waals surface area (Å²) in [5.41, 5.74) is 0.561. The molecule has 25 heavy (non-hydrogen) atoms. The lowest BCUT2D eigenvalue weighted by molar-refractivity contribution is 0.0864. The average Bonchev–Trinajstić information content (AvgIpc) is 2.61. The molecule has 0 atom stereocenters. The Hall–Kier alpha value is -2.90. The fourth-order valence-electron chi connectivity index (χ4n) is 2.60. The highest BCUT2D eigenvalue weighted by molar-refractivity contribution is 5.65. The maximum Gasteiger partial charge on any atom is 0.407 e. The predicted octanol–water partition coefficient (Wildman–Crippen LogP) is 3.24. The Balaban J connectivity index is 1.69. The Morgan fingerprint density at radius 1 is 1.24 bits per heavy atom. The molecule has 0 aliphatic carbocycles. The second-order valence-electron chi connectivity index (χ2n) is 5.73. The van der Waals surface area contributed by atoms with Crippen molar-refractivity contribution in [2.45, 2.75) is 25.9 Å².